The molecule has 0 aromatic heterocycles. The fourth-order valence-corrected chi connectivity index (χ4v) is 5.35. The van der Waals surface area contributed by atoms with Crippen LogP contribution in [0.15, 0.2) is 12.7 Å². The summed E-state index contributed by atoms with van der Waals surface area (Å²) in [5, 5.41) is 8.89. The molecule has 1 nitrogen and oxygen atoms in total. The number of alkyl halides is 2. The van der Waals surface area contributed by atoms with Gasteiger partial charge in [-0.25, -0.2) is 8.78 Å². The highest BCUT2D eigenvalue weighted by Gasteiger charge is 2.44. The Morgan fingerprint density at radius 1 is 0.818 bits per heavy atom. The van der Waals surface area contributed by atoms with Crippen LogP contribution >= 0.6 is 0 Å². The average Bonchev–Trinajstić information content (AvgIpc) is 2.53. The summed E-state index contributed by atoms with van der Waals surface area (Å²) in [5.74, 6) is 1.81. The van der Waals surface area contributed by atoms with E-state index in [2.05, 4.69) is 12.7 Å². The standard InChI is InChI=1S/C19H27F2N/c1-2-12-3-4-14-8-15(6-5-13(14)7-12)16-9-18(20)17(11-22)19(21)10-16/h2,12-19H,1,3-10H2. The summed E-state index contributed by atoms with van der Waals surface area (Å²) in [5.41, 5.74) is 0. The van der Waals surface area contributed by atoms with Crippen molar-refractivity contribution in [3.63, 3.8) is 0 Å². The van der Waals surface area contributed by atoms with Crippen LogP contribution in [0.2, 0.25) is 0 Å². The molecule has 0 aliphatic heterocycles. The second-order valence-corrected chi connectivity index (χ2v) is 7.82. The second-order valence-electron chi connectivity index (χ2n) is 7.82. The number of nitriles is 1. The topological polar surface area (TPSA) is 23.8 Å². The van der Waals surface area contributed by atoms with Gasteiger partial charge in [-0.2, -0.15) is 5.26 Å². The molecule has 3 aliphatic rings. The molecule has 0 aromatic rings. The third-order valence-electron chi connectivity index (χ3n) is 6.68. The van der Waals surface area contributed by atoms with E-state index in [0.29, 0.717) is 24.7 Å². The number of rotatable bonds is 2. The summed E-state index contributed by atoms with van der Waals surface area (Å²) >= 11 is 0. The van der Waals surface area contributed by atoms with Crippen LogP contribution in [0, 0.1) is 46.8 Å². The number of fused-ring (bicyclic) bond motifs is 1. The van der Waals surface area contributed by atoms with Crippen molar-refractivity contribution in [3.05, 3.63) is 12.7 Å². The van der Waals surface area contributed by atoms with Crippen LogP contribution in [0.25, 0.3) is 0 Å². The molecular formula is C19H27F2N. The first kappa shape index (κ1) is 16.0. The van der Waals surface area contributed by atoms with Crippen molar-refractivity contribution >= 4 is 0 Å². The molecule has 0 amide bonds. The van der Waals surface area contributed by atoms with Gasteiger partial charge in [0.1, 0.15) is 18.3 Å². The van der Waals surface area contributed by atoms with Crippen LogP contribution in [0.1, 0.15) is 51.4 Å². The molecule has 0 spiro atoms. The van der Waals surface area contributed by atoms with E-state index >= 15 is 0 Å². The van der Waals surface area contributed by atoms with Crippen molar-refractivity contribution in [3.8, 4) is 6.07 Å². The minimum Gasteiger partial charge on any atom is -0.246 e. The molecule has 0 heterocycles. The molecule has 0 N–H and O–H groups in total. The van der Waals surface area contributed by atoms with Gasteiger partial charge in [0, 0.05) is 0 Å². The fourth-order valence-electron chi connectivity index (χ4n) is 5.35. The third-order valence-corrected chi connectivity index (χ3v) is 6.68. The molecule has 0 radical (unpaired) electrons. The van der Waals surface area contributed by atoms with Gasteiger partial charge in [0.15, 0.2) is 0 Å². The van der Waals surface area contributed by atoms with E-state index < -0.39 is 18.3 Å². The largest absolute Gasteiger partial charge is 0.246 e. The minimum absolute atomic E-state index is 0.146. The summed E-state index contributed by atoms with van der Waals surface area (Å²) in [7, 11) is 0. The van der Waals surface area contributed by atoms with E-state index in [-0.39, 0.29) is 5.92 Å². The van der Waals surface area contributed by atoms with Crippen molar-refractivity contribution in [2.24, 2.45) is 35.5 Å². The average molecular weight is 307 g/mol. The van der Waals surface area contributed by atoms with E-state index in [1.807, 2.05) is 6.07 Å². The molecular weight excluding hydrogens is 280 g/mol. The Morgan fingerprint density at radius 3 is 1.95 bits per heavy atom. The van der Waals surface area contributed by atoms with Crippen molar-refractivity contribution in [1.29, 1.82) is 5.26 Å². The number of hydrogen-bond donors (Lipinski definition) is 0. The molecule has 0 aromatic carbocycles. The monoisotopic (exact) mass is 307 g/mol. The van der Waals surface area contributed by atoms with Crippen molar-refractivity contribution in [1.82, 2.24) is 0 Å². The number of nitrogens with zero attached hydrogens (tertiary/aromatic N) is 1. The van der Waals surface area contributed by atoms with Crippen molar-refractivity contribution in [2.45, 2.75) is 63.7 Å². The van der Waals surface area contributed by atoms with E-state index in [1.165, 1.54) is 25.7 Å². The molecule has 6 unspecified atom stereocenters. The molecule has 0 bridgehead atoms. The van der Waals surface area contributed by atoms with Gasteiger partial charge in [0.25, 0.3) is 0 Å². The van der Waals surface area contributed by atoms with Crippen LogP contribution < -0.4 is 0 Å². The molecule has 3 fully saturated rings. The van der Waals surface area contributed by atoms with E-state index in [4.69, 9.17) is 5.26 Å². The molecule has 3 saturated carbocycles. The zero-order valence-corrected chi connectivity index (χ0v) is 13.3. The highest BCUT2D eigenvalue weighted by Crippen LogP contribution is 2.49. The summed E-state index contributed by atoms with van der Waals surface area (Å²) in [6.45, 7) is 3.93. The predicted octanol–water partition coefficient (Wildman–Crippen LogP) is 5.23. The predicted molar refractivity (Wildman–Crippen MR) is 83.5 cm³/mol. The molecule has 3 rings (SSSR count). The second kappa shape index (κ2) is 6.69. The van der Waals surface area contributed by atoms with E-state index in [1.54, 1.807) is 0 Å². The molecule has 0 saturated heterocycles. The maximum Gasteiger partial charge on any atom is 0.119 e. The van der Waals surface area contributed by atoms with Crippen LogP contribution in [0.3, 0.4) is 0 Å². The quantitative estimate of drug-likeness (QED) is 0.641. The maximum absolute atomic E-state index is 14.1. The van der Waals surface area contributed by atoms with Crippen LogP contribution in [0.5, 0.6) is 0 Å². The minimum atomic E-state index is -1.27. The summed E-state index contributed by atoms with van der Waals surface area (Å²) in [6.07, 6.45) is 7.59. The van der Waals surface area contributed by atoms with Gasteiger partial charge in [0.2, 0.25) is 0 Å². The van der Waals surface area contributed by atoms with Crippen LogP contribution in [-0.4, -0.2) is 12.3 Å². The van der Waals surface area contributed by atoms with Crippen LogP contribution in [-0.2, 0) is 0 Å². The lowest BCUT2D eigenvalue weighted by molar-refractivity contribution is 0.0166. The Bertz CT molecular complexity index is 431. The highest BCUT2D eigenvalue weighted by atomic mass is 19.1. The van der Waals surface area contributed by atoms with Crippen molar-refractivity contribution < 1.29 is 8.78 Å². The van der Waals surface area contributed by atoms with E-state index in [9.17, 15) is 8.78 Å². The van der Waals surface area contributed by atoms with Gasteiger partial charge in [-0.1, -0.05) is 6.08 Å². The summed E-state index contributed by atoms with van der Waals surface area (Å²) in [6, 6.07) is 1.82. The summed E-state index contributed by atoms with van der Waals surface area (Å²) < 4.78 is 28.1. The van der Waals surface area contributed by atoms with E-state index in [0.717, 1.165) is 24.7 Å². The maximum atomic E-state index is 14.1. The molecule has 22 heavy (non-hydrogen) atoms. The van der Waals surface area contributed by atoms with Gasteiger partial charge in [-0.3, -0.25) is 0 Å². The first-order valence-corrected chi connectivity index (χ1v) is 8.92. The van der Waals surface area contributed by atoms with Gasteiger partial charge in [0.05, 0.1) is 6.07 Å². The lowest BCUT2D eigenvalue weighted by Gasteiger charge is -2.45. The normalized spacial score (nSPS) is 49.0. The zero-order valence-electron chi connectivity index (χ0n) is 13.3. The highest BCUT2D eigenvalue weighted by molar-refractivity contribution is 5.01. The lowest BCUT2D eigenvalue weighted by atomic mass is 9.60. The van der Waals surface area contributed by atoms with Gasteiger partial charge in [-0.05, 0) is 81.0 Å². The number of halogens is 2. The smallest absolute Gasteiger partial charge is 0.119 e. The Labute approximate surface area is 132 Å². The lowest BCUT2D eigenvalue weighted by Crippen LogP contribution is -2.40. The SMILES string of the molecule is C=CC1CCC2CC(C3CC(F)C(C#N)C(F)C3)CCC2C1. The van der Waals surface area contributed by atoms with Crippen LogP contribution in [0.4, 0.5) is 8.78 Å². The Hall–Kier alpha value is -0.910. The first-order chi connectivity index (χ1) is 10.6. The van der Waals surface area contributed by atoms with Gasteiger partial charge in [-0.15, -0.1) is 6.58 Å². The molecule has 122 valence electrons. The first-order valence-electron chi connectivity index (χ1n) is 8.92. The molecule has 3 heteroatoms. The molecule has 3 aliphatic carbocycles. The fraction of sp³-hybridized carbons (Fsp3) is 0.842. The van der Waals surface area contributed by atoms with Gasteiger partial charge >= 0.3 is 0 Å². The number of allylic oxidation sites excluding steroid dienone is 1. The Morgan fingerprint density at radius 2 is 1.36 bits per heavy atom. The van der Waals surface area contributed by atoms with Crippen molar-refractivity contribution in [2.75, 3.05) is 0 Å². The Balaban J connectivity index is 1.59. The zero-order chi connectivity index (χ0) is 15.7. The number of hydrogen-bond acceptors (Lipinski definition) is 1. The summed E-state index contributed by atoms with van der Waals surface area (Å²) in [4.78, 5) is 0. The third kappa shape index (κ3) is 3.07. The van der Waals surface area contributed by atoms with Gasteiger partial charge < -0.3 is 0 Å². The molecule has 6 atom stereocenters. The Kier molecular flexibility index (Phi) is 4.85.